The molecule has 0 aliphatic carbocycles. The van der Waals surface area contributed by atoms with E-state index < -0.39 is 4.92 Å². The maximum Gasteiger partial charge on any atom is 0.311 e. The van der Waals surface area contributed by atoms with E-state index in [1.807, 2.05) is 0 Å². The Morgan fingerprint density at radius 1 is 1.20 bits per heavy atom. The Balaban J connectivity index is 1.60. The van der Waals surface area contributed by atoms with Crippen LogP contribution in [-0.4, -0.2) is 32.8 Å². The van der Waals surface area contributed by atoms with Gasteiger partial charge in [0.25, 0.3) is 5.91 Å². The Kier molecular flexibility index (Phi) is 6.52. The van der Waals surface area contributed by atoms with Crippen molar-refractivity contribution in [2.45, 2.75) is 20.5 Å². The molecule has 1 aliphatic rings. The number of rotatable bonds is 7. The average molecular weight is 494 g/mol. The van der Waals surface area contributed by atoms with Gasteiger partial charge in [0, 0.05) is 24.9 Å². The first-order chi connectivity index (χ1) is 16.7. The Labute approximate surface area is 206 Å². The minimum atomic E-state index is -0.476. The van der Waals surface area contributed by atoms with Crippen LogP contribution < -0.4 is 19.7 Å². The van der Waals surface area contributed by atoms with Gasteiger partial charge in [-0.1, -0.05) is 12.1 Å². The summed E-state index contributed by atoms with van der Waals surface area (Å²) < 4.78 is 12.8. The number of aryl methyl sites for hydroxylation is 3. The third-order valence-electron chi connectivity index (χ3n) is 5.42. The summed E-state index contributed by atoms with van der Waals surface area (Å²) in [5.74, 6) is 0.414. The number of hydrogen-bond acceptors (Lipinski definition) is 7. The second-order valence-electron chi connectivity index (χ2n) is 7.99. The van der Waals surface area contributed by atoms with Crippen LogP contribution in [0.1, 0.15) is 22.4 Å². The summed E-state index contributed by atoms with van der Waals surface area (Å²) in [5.41, 5.74) is 3.61. The van der Waals surface area contributed by atoms with Gasteiger partial charge in [-0.25, -0.2) is 4.90 Å². The van der Waals surface area contributed by atoms with E-state index >= 15 is 0 Å². The van der Waals surface area contributed by atoms with Crippen molar-refractivity contribution in [1.29, 1.82) is 0 Å². The number of thiocarbonyl (C=S) groups is 1. The predicted octanol–water partition coefficient (Wildman–Crippen LogP) is 3.79. The summed E-state index contributed by atoms with van der Waals surface area (Å²) in [4.78, 5) is 25.4. The molecule has 0 saturated carbocycles. The van der Waals surface area contributed by atoms with Crippen LogP contribution in [0.4, 0.5) is 11.4 Å². The molecule has 3 aromatic rings. The van der Waals surface area contributed by atoms with Gasteiger partial charge in [0.1, 0.15) is 18.1 Å². The van der Waals surface area contributed by atoms with Crippen molar-refractivity contribution in [3.8, 4) is 11.5 Å². The number of methoxy groups -OCH3 is 1. The number of carbonyl (C=O) groups is 1. The average Bonchev–Trinajstić information content (AvgIpc) is 3.28. The van der Waals surface area contributed by atoms with Crippen LogP contribution in [0.2, 0.25) is 0 Å². The Hall–Kier alpha value is -4.25. The molecule has 0 unspecified atom stereocenters. The van der Waals surface area contributed by atoms with Crippen LogP contribution in [0.25, 0.3) is 6.08 Å². The van der Waals surface area contributed by atoms with Gasteiger partial charge < -0.3 is 14.8 Å². The normalized spacial score (nSPS) is 14.4. The number of aromatic nitrogens is 2. The fourth-order valence-electron chi connectivity index (χ4n) is 3.78. The lowest BCUT2D eigenvalue weighted by molar-refractivity contribution is -0.386. The summed E-state index contributed by atoms with van der Waals surface area (Å²) in [5, 5.41) is 18.9. The summed E-state index contributed by atoms with van der Waals surface area (Å²) >= 11 is 5.39. The van der Waals surface area contributed by atoms with Gasteiger partial charge in [0.2, 0.25) is 0 Å². The lowest BCUT2D eigenvalue weighted by atomic mass is 10.1. The molecule has 0 radical (unpaired) electrons. The molecule has 2 heterocycles. The number of nitrogens with zero attached hydrogens (tertiary/aromatic N) is 4. The number of ether oxygens (including phenoxy) is 2. The Bertz CT molecular complexity index is 1380. The van der Waals surface area contributed by atoms with Crippen LogP contribution in [0.5, 0.6) is 11.5 Å². The van der Waals surface area contributed by atoms with Crippen LogP contribution in [-0.2, 0) is 18.4 Å². The number of nitro groups is 1. The SMILES string of the molecule is COc1ccc(/C=C2/NC(=S)N(c3cn(C)nc3C)C2=O)cc1COc1ccc(C)cc1[N+](=O)[O-]. The molecule has 0 atom stereocenters. The smallest absolute Gasteiger partial charge is 0.311 e. The molecule has 0 spiro atoms. The molecule has 180 valence electrons. The molecule has 35 heavy (non-hydrogen) atoms. The number of nitro benzene ring substituents is 1. The van der Waals surface area contributed by atoms with Crippen molar-refractivity contribution in [3.63, 3.8) is 0 Å². The number of carbonyl (C=O) groups excluding carboxylic acids is 1. The first kappa shape index (κ1) is 23.9. The van der Waals surface area contributed by atoms with Crippen LogP contribution >= 0.6 is 12.2 Å². The highest BCUT2D eigenvalue weighted by atomic mass is 32.1. The fourth-order valence-corrected chi connectivity index (χ4v) is 4.07. The van der Waals surface area contributed by atoms with E-state index in [1.165, 1.54) is 18.1 Å². The summed E-state index contributed by atoms with van der Waals surface area (Å²) in [7, 11) is 3.30. The molecule has 0 bridgehead atoms. The summed E-state index contributed by atoms with van der Waals surface area (Å²) in [6.07, 6.45) is 3.41. The van der Waals surface area contributed by atoms with E-state index in [0.29, 0.717) is 34.0 Å². The summed E-state index contributed by atoms with van der Waals surface area (Å²) in [6.45, 7) is 3.61. The first-order valence-electron chi connectivity index (χ1n) is 10.6. The molecule has 1 fully saturated rings. The number of amides is 1. The van der Waals surface area contributed by atoms with E-state index in [0.717, 1.165) is 5.56 Å². The molecule has 1 amide bonds. The quantitative estimate of drug-likeness (QED) is 0.229. The van der Waals surface area contributed by atoms with Gasteiger partial charge >= 0.3 is 5.69 Å². The lowest BCUT2D eigenvalue weighted by Crippen LogP contribution is -2.30. The third-order valence-corrected chi connectivity index (χ3v) is 5.70. The molecule has 1 N–H and O–H groups in total. The van der Waals surface area contributed by atoms with Gasteiger partial charge in [0.05, 0.1) is 23.4 Å². The zero-order chi connectivity index (χ0) is 25.3. The second-order valence-corrected chi connectivity index (χ2v) is 8.38. The van der Waals surface area contributed by atoms with Gasteiger partial charge in [0.15, 0.2) is 10.9 Å². The van der Waals surface area contributed by atoms with Crippen LogP contribution in [0.3, 0.4) is 0 Å². The standard InChI is InChI=1S/C24H23N5O5S/c1-14-5-7-22(19(9-14)29(31)32)34-13-17-10-16(6-8-21(17)33-4)11-18-23(30)28(24(35)25-18)20-12-27(3)26-15(20)2/h5-12H,13H2,1-4H3,(H,25,35)/b18-11+. The molecular weight excluding hydrogens is 470 g/mol. The van der Waals surface area contributed by atoms with Gasteiger partial charge in [-0.15, -0.1) is 0 Å². The summed E-state index contributed by atoms with van der Waals surface area (Å²) in [6, 6.07) is 10.1. The van der Waals surface area contributed by atoms with Crippen LogP contribution in [0.15, 0.2) is 48.3 Å². The second kappa shape index (κ2) is 9.55. The molecule has 11 heteroatoms. The predicted molar refractivity (Wildman–Crippen MR) is 134 cm³/mol. The van der Waals surface area contributed by atoms with E-state index in [-0.39, 0.29) is 29.1 Å². The zero-order valence-electron chi connectivity index (χ0n) is 19.6. The highest BCUT2D eigenvalue weighted by Crippen LogP contribution is 2.31. The minimum absolute atomic E-state index is 0.0326. The van der Waals surface area contributed by atoms with Crippen molar-refractivity contribution >= 4 is 40.7 Å². The number of hydrogen-bond donors (Lipinski definition) is 1. The maximum absolute atomic E-state index is 13.1. The molecule has 10 nitrogen and oxygen atoms in total. The highest BCUT2D eigenvalue weighted by Gasteiger charge is 2.34. The highest BCUT2D eigenvalue weighted by molar-refractivity contribution is 7.80. The number of anilines is 1. The van der Waals surface area contributed by atoms with E-state index in [1.54, 1.807) is 68.2 Å². The zero-order valence-corrected chi connectivity index (χ0v) is 20.4. The molecule has 4 rings (SSSR count). The maximum atomic E-state index is 13.1. The van der Waals surface area contributed by atoms with Crippen molar-refractivity contribution in [2.75, 3.05) is 12.0 Å². The van der Waals surface area contributed by atoms with Crippen LogP contribution in [0, 0.1) is 24.0 Å². The van der Waals surface area contributed by atoms with E-state index in [2.05, 4.69) is 10.4 Å². The number of nitrogens with one attached hydrogen (secondary N) is 1. The third kappa shape index (κ3) is 4.85. The van der Waals surface area contributed by atoms with Crippen molar-refractivity contribution in [1.82, 2.24) is 15.1 Å². The molecule has 1 saturated heterocycles. The lowest BCUT2D eigenvalue weighted by Gasteiger charge is -2.12. The van der Waals surface area contributed by atoms with Crippen molar-refractivity contribution in [3.05, 3.63) is 80.8 Å². The topological polar surface area (TPSA) is 112 Å². The van der Waals surface area contributed by atoms with Crippen molar-refractivity contribution < 1.29 is 19.2 Å². The van der Waals surface area contributed by atoms with E-state index in [4.69, 9.17) is 21.7 Å². The Morgan fingerprint density at radius 2 is 1.94 bits per heavy atom. The monoisotopic (exact) mass is 493 g/mol. The van der Waals surface area contributed by atoms with Crippen molar-refractivity contribution in [2.24, 2.45) is 7.05 Å². The van der Waals surface area contributed by atoms with Gasteiger partial charge in [-0.3, -0.25) is 19.6 Å². The fraction of sp³-hybridized carbons (Fsp3) is 0.208. The van der Waals surface area contributed by atoms with Gasteiger partial charge in [-0.2, -0.15) is 5.10 Å². The molecule has 2 aromatic carbocycles. The Morgan fingerprint density at radius 3 is 2.60 bits per heavy atom. The minimum Gasteiger partial charge on any atom is -0.496 e. The van der Waals surface area contributed by atoms with E-state index in [9.17, 15) is 14.9 Å². The first-order valence-corrected chi connectivity index (χ1v) is 11.0. The largest absolute Gasteiger partial charge is 0.496 e. The molecular formula is C24H23N5O5S. The molecule has 1 aromatic heterocycles. The molecule has 1 aliphatic heterocycles. The number of benzene rings is 2. The van der Waals surface area contributed by atoms with Gasteiger partial charge in [-0.05, 0) is 61.5 Å².